The second-order valence-corrected chi connectivity index (χ2v) is 7.69. The average molecular weight is 550 g/mol. The van der Waals surface area contributed by atoms with Gasteiger partial charge >= 0.3 is 0 Å². The molecule has 7 heteroatoms. The minimum absolute atomic E-state index is 0. The first-order valence-electron chi connectivity index (χ1n) is 11.3. The number of carbonyl (C=O) groups excluding carboxylic acids is 1. The van der Waals surface area contributed by atoms with Gasteiger partial charge in [-0.3, -0.25) is 4.79 Å². The van der Waals surface area contributed by atoms with Gasteiger partial charge < -0.3 is 20.3 Å². The smallest absolute Gasteiger partial charge is 0.227 e. The molecule has 3 rings (SSSR count). The molecule has 0 unspecified atom stereocenters. The number of nitrogens with zero attached hydrogens (tertiary/aromatic N) is 2. The van der Waals surface area contributed by atoms with Gasteiger partial charge in [0.1, 0.15) is 0 Å². The molecule has 1 aliphatic rings. The molecule has 6 nitrogen and oxygen atoms in total. The van der Waals surface area contributed by atoms with E-state index in [0.29, 0.717) is 26.1 Å². The van der Waals surface area contributed by atoms with Crippen LogP contribution in [0.5, 0.6) is 0 Å². The predicted octanol–water partition coefficient (Wildman–Crippen LogP) is 4.61. The summed E-state index contributed by atoms with van der Waals surface area (Å²) in [5.41, 5.74) is 4.50. The molecule has 2 aromatic rings. The maximum absolute atomic E-state index is 11.9. The Bertz CT molecular complexity index is 871. The van der Waals surface area contributed by atoms with Gasteiger partial charge in [0.2, 0.25) is 5.91 Å². The number of rotatable bonds is 10. The number of benzene rings is 2. The van der Waals surface area contributed by atoms with Crippen LogP contribution in [0.1, 0.15) is 49.8 Å². The summed E-state index contributed by atoms with van der Waals surface area (Å²) < 4.78 is 5.72. The molecule has 174 valence electrons. The summed E-state index contributed by atoms with van der Waals surface area (Å²) in [6.07, 6.45) is 2.61. The van der Waals surface area contributed by atoms with Crippen LogP contribution in [0.4, 0.5) is 5.69 Å². The van der Waals surface area contributed by atoms with Crippen LogP contribution in [0, 0.1) is 0 Å². The van der Waals surface area contributed by atoms with Gasteiger partial charge in [-0.2, -0.15) is 0 Å². The summed E-state index contributed by atoms with van der Waals surface area (Å²) in [4.78, 5) is 18.5. The fourth-order valence-electron chi connectivity index (χ4n) is 3.59. The Hall–Kier alpha value is -2.13. The highest BCUT2D eigenvalue weighted by Crippen LogP contribution is 2.21. The van der Waals surface area contributed by atoms with Gasteiger partial charge in [-0.05, 0) is 48.6 Å². The lowest BCUT2D eigenvalue weighted by Gasteiger charge is -2.16. The Morgan fingerprint density at radius 3 is 2.47 bits per heavy atom. The van der Waals surface area contributed by atoms with Crippen molar-refractivity contribution in [3.05, 3.63) is 65.2 Å². The topological polar surface area (TPSA) is 66.0 Å². The minimum Gasteiger partial charge on any atom is -0.377 e. The van der Waals surface area contributed by atoms with Crippen molar-refractivity contribution in [2.24, 2.45) is 4.99 Å². The number of guanidine groups is 1. The van der Waals surface area contributed by atoms with Gasteiger partial charge in [0, 0.05) is 38.3 Å². The second-order valence-electron chi connectivity index (χ2n) is 7.69. The molecule has 32 heavy (non-hydrogen) atoms. The summed E-state index contributed by atoms with van der Waals surface area (Å²) >= 11 is 0. The van der Waals surface area contributed by atoms with Crippen LogP contribution in [-0.4, -0.2) is 31.6 Å². The Balaban J connectivity index is 0.00000363. The van der Waals surface area contributed by atoms with E-state index in [0.717, 1.165) is 49.7 Å². The molecule has 0 radical (unpaired) electrons. The van der Waals surface area contributed by atoms with Crippen molar-refractivity contribution < 1.29 is 9.53 Å². The van der Waals surface area contributed by atoms with Crippen molar-refractivity contribution >= 4 is 41.5 Å². The van der Waals surface area contributed by atoms with Crippen LogP contribution >= 0.6 is 24.0 Å². The second kappa shape index (κ2) is 14.1. The molecule has 1 saturated heterocycles. The van der Waals surface area contributed by atoms with Gasteiger partial charge in [-0.25, -0.2) is 4.99 Å². The molecular formula is C25H35IN4O2. The van der Waals surface area contributed by atoms with E-state index in [2.05, 4.69) is 42.7 Å². The van der Waals surface area contributed by atoms with Crippen LogP contribution in [0.25, 0.3) is 0 Å². The van der Waals surface area contributed by atoms with E-state index in [1.807, 2.05) is 35.2 Å². The molecule has 1 heterocycles. The number of hydrogen-bond acceptors (Lipinski definition) is 3. The van der Waals surface area contributed by atoms with Gasteiger partial charge in [-0.1, -0.05) is 43.3 Å². The quantitative estimate of drug-likeness (QED) is 0.196. The number of amides is 1. The summed E-state index contributed by atoms with van der Waals surface area (Å²) in [5, 5.41) is 6.74. The summed E-state index contributed by atoms with van der Waals surface area (Å²) in [7, 11) is 0. The van der Waals surface area contributed by atoms with Gasteiger partial charge in [0.25, 0.3) is 0 Å². The molecule has 2 N–H and O–H groups in total. The van der Waals surface area contributed by atoms with E-state index in [-0.39, 0.29) is 29.9 Å². The summed E-state index contributed by atoms with van der Waals surface area (Å²) in [6.45, 7) is 8.46. The van der Waals surface area contributed by atoms with Crippen LogP contribution in [0.2, 0.25) is 0 Å². The Morgan fingerprint density at radius 2 is 1.81 bits per heavy atom. The first-order chi connectivity index (χ1) is 15.2. The zero-order valence-corrected chi connectivity index (χ0v) is 21.4. The lowest BCUT2D eigenvalue weighted by Crippen LogP contribution is -2.37. The van der Waals surface area contributed by atoms with Crippen LogP contribution in [0.15, 0.2) is 53.5 Å². The Labute approximate surface area is 208 Å². The van der Waals surface area contributed by atoms with Gasteiger partial charge in [0.15, 0.2) is 5.96 Å². The van der Waals surface area contributed by atoms with Crippen molar-refractivity contribution in [1.29, 1.82) is 0 Å². The lowest BCUT2D eigenvalue weighted by atomic mass is 10.1. The fourth-order valence-corrected chi connectivity index (χ4v) is 3.59. The van der Waals surface area contributed by atoms with Crippen molar-refractivity contribution in [2.45, 2.75) is 52.8 Å². The zero-order valence-electron chi connectivity index (χ0n) is 19.1. The highest BCUT2D eigenvalue weighted by atomic mass is 127. The lowest BCUT2D eigenvalue weighted by molar-refractivity contribution is -0.117. The fraction of sp³-hybridized carbons (Fsp3) is 0.440. The molecule has 0 spiro atoms. The van der Waals surface area contributed by atoms with Crippen LogP contribution < -0.4 is 15.5 Å². The van der Waals surface area contributed by atoms with Crippen molar-refractivity contribution in [3.8, 4) is 0 Å². The third-order valence-corrected chi connectivity index (χ3v) is 5.26. The maximum Gasteiger partial charge on any atom is 0.227 e. The highest BCUT2D eigenvalue weighted by molar-refractivity contribution is 14.0. The van der Waals surface area contributed by atoms with Crippen LogP contribution in [-0.2, 0) is 29.2 Å². The van der Waals surface area contributed by atoms with E-state index >= 15 is 0 Å². The van der Waals surface area contributed by atoms with Crippen LogP contribution in [0.3, 0.4) is 0 Å². The van der Waals surface area contributed by atoms with Crippen molar-refractivity contribution in [3.63, 3.8) is 0 Å². The Kier molecular flexibility index (Phi) is 11.5. The number of anilines is 1. The van der Waals surface area contributed by atoms with E-state index in [1.165, 1.54) is 11.1 Å². The molecule has 0 atom stereocenters. The van der Waals surface area contributed by atoms with E-state index in [1.54, 1.807) is 0 Å². The zero-order chi connectivity index (χ0) is 21.9. The maximum atomic E-state index is 11.9. The first kappa shape index (κ1) is 26.1. The highest BCUT2D eigenvalue weighted by Gasteiger charge is 2.21. The van der Waals surface area contributed by atoms with E-state index < -0.39 is 0 Å². The largest absolute Gasteiger partial charge is 0.377 e. The van der Waals surface area contributed by atoms with E-state index in [9.17, 15) is 4.79 Å². The summed E-state index contributed by atoms with van der Waals surface area (Å²) in [6, 6.07) is 16.5. The minimum atomic E-state index is 0. The number of hydrogen-bond donors (Lipinski definition) is 2. The number of carbonyl (C=O) groups is 1. The molecule has 1 amide bonds. The third kappa shape index (κ3) is 7.78. The monoisotopic (exact) mass is 550 g/mol. The molecule has 0 saturated carbocycles. The SMILES string of the molecule is CCCOCc1ccccc1CNC(=NCc1ccc(N2CCCC2=O)cc1)NCC.I. The molecule has 2 aromatic carbocycles. The van der Waals surface area contributed by atoms with E-state index in [4.69, 9.17) is 9.73 Å². The van der Waals surface area contributed by atoms with Gasteiger partial charge in [-0.15, -0.1) is 24.0 Å². The third-order valence-electron chi connectivity index (χ3n) is 5.26. The number of ether oxygens (including phenoxy) is 1. The standard InChI is InChI=1S/C25H34N4O2.HI/c1-3-16-31-19-22-9-6-5-8-21(22)18-28-25(26-4-2)27-17-20-11-13-23(14-12-20)29-15-7-10-24(29)30;/h5-6,8-9,11-14H,3-4,7,10,15-19H2,1-2H3,(H2,26,27,28);1H. The molecular weight excluding hydrogens is 515 g/mol. The number of nitrogens with one attached hydrogen (secondary N) is 2. The average Bonchev–Trinajstić information content (AvgIpc) is 3.23. The molecule has 1 aliphatic heterocycles. The van der Waals surface area contributed by atoms with Crippen molar-refractivity contribution in [2.75, 3.05) is 24.6 Å². The normalized spacial score (nSPS) is 13.8. The predicted molar refractivity (Wildman–Crippen MR) is 141 cm³/mol. The van der Waals surface area contributed by atoms with Gasteiger partial charge in [0.05, 0.1) is 13.2 Å². The van der Waals surface area contributed by atoms with Crippen molar-refractivity contribution in [1.82, 2.24) is 10.6 Å². The first-order valence-corrected chi connectivity index (χ1v) is 11.3. The number of aliphatic imine (C=N–C) groups is 1. The molecule has 1 fully saturated rings. The Morgan fingerprint density at radius 1 is 1.06 bits per heavy atom. The molecule has 0 bridgehead atoms. The molecule has 0 aromatic heterocycles. The molecule has 0 aliphatic carbocycles. The summed E-state index contributed by atoms with van der Waals surface area (Å²) in [5.74, 6) is 0.996. The number of halogens is 1.